The molecule has 3 heteroatoms. The first kappa shape index (κ1) is 15.2. The highest BCUT2D eigenvalue weighted by Gasteiger charge is 2.11. The number of aliphatic hydroxyl groups is 1. The first-order valence-corrected chi connectivity index (χ1v) is 7.00. The molecule has 108 valence electrons. The predicted molar refractivity (Wildman–Crippen MR) is 83.6 cm³/mol. The summed E-state index contributed by atoms with van der Waals surface area (Å²) in [7, 11) is 1.97. The van der Waals surface area contributed by atoms with Crippen molar-refractivity contribution >= 4 is 0 Å². The van der Waals surface area contributed by atoms with E-state index in [0.717, 1.165) is 11.1 Å². The maximum atomic E-state index is 10.3. The van der Waals surface area contributed by atoms with Crippen LogP contribution in [0.4, 0.5) is 0 Å². The van der Waals surface area contributed by atoms with E-state index in [2.05, 4.69) is 11.0 Å². The third-order valence-corrected chi connectivity index (χ3v) is 3.46. The highest BCUT2D eigenvalue weighted by atomic mass is 16.3. The van der Waals surface area contributed by atoms with Gasteiger partial charge >= 0.3 is 0 Å². The van der Waals surface area contributed by atoms with Crippen molar-refractivity contribution in [2.24, 2.45) is 0 Å². The maximum absolute atomic E-state index is 10.3. The van der Waals surface area contributed by atoms with Gasteiger partial charge in [0, 0.05) is 13.1 Å². The third kappa shape index (κ3) is 4.42. The molecule has 0 spiro atoms. The zero-order valence-corrected chi connectivity index (χ0v) is 12.5. The van der Waals surface area contributed by atoms with Gasteiger partial charge in [-0.25, -0.2) is 0 Å². The molecule has 0 radical (unpaired) electrons. The summed E-state index contributed by atoms with van der Waals surface area (Å²) >= 11 is 0. The Morgan fingerprint density at radius 3 is 2.57 bits per heavy atom. The van der Waals surface area contributed by atoms with Crippen LogP contribution in [0.15, 0.2) is 48.5 Å². The second-order valence-electron chi connectivity index (χ2n) is 5.44. The second kappa shape index (κ2) is 7.03. The largest absolute Gasteiger partial charge is 0.387 e. The molecule has 21 heavy (non-hydrogen) atoms. The van der Waals surface area contributed by atoms with Gasteiger partial charge in [-0.1, -0.05) is 42.0 Å². The van der Waals surface area contributed by atoms with Crippen LogP contribution < -0.4 is 0 Å². The third-order valence-electron chi connectivity index (χ3n) is 3.46. The standard InChI is InChI=1S/C18H20N2O/c1-14-6-8-17(9-7-14)18(21)13-20(2)12-16-5-3-4-15(10-16)11-19/h3-10,18,21H,12-13H2,1-2H3. The van der Waals surface area contributed by atoms with Crippen LogP contribution in [0.5, 0.6) is 0 Å². The fourth-order valence-electron chi connectivity index (χ4n) is 2.30. The van der Waals surface area contributed by atoms with E-state index in [9.17, 15) is 5.11 Å². The van der Waals surface area contributed by atoms with Gasteiger partial charge in [-0.3, -0.25) is 4.90 Å². The average Bonchev–Trinajstić information content (AvgIpc) is 2.47. The summed E-state index contributed by atoms with van der Waals surface area (Å²) in [6.07, 6.45) is -0.505. The minimum atomic E-state index is -0.505. The lowest BCUT2D eigenvalue weighted by molar-refractivity contribution is 0.124. The maximum Gasteiger partial charge on any atom is 0.0991 e. The van der Waals surface area contributed by atoms with Crippen LogP contribution in [0.1, 0.15) is 28.4 Å². The molecule has 0 heterocycles. The van der Waals surface area contributed by atoms with Gasteiger partial charge in [-0.15, -0.1) is 0 Å². The van der Waals surface area contributed by atoms with Crippen molar-refractivity contribution in [3.63, 3.8) is 0 Å². The van der Waals surface area contributed by atoms with Crippen LogP contribution >= 0.6 is 0 Å². The monoisotopic (exact) mass is 280 g/mol. The molecule has 0 fully saturated rings. The summed E-state index contributed by atoms with van der Waals surface area (Å²) in [5.74, 6) is 0. The highest BCUT2D eigenvalue weighted by Crippen LogP contribution is 2.16. The van der Waals surface area contributed by atoms with Gasteiger partial charge in [-0.05, 0) is 37.2 Å². The Morgan fingerprint density at radius 1 is 1.19 bits per heavy atom. The summed E-state index contributed by atoms with van der Waals surface area (Å²) in [4.78, 5) is 2.06. The van der Waals surface area contributed by atoms with Crippen molar-refractivity contribution in [3.8, 4) is 6.07 Å². The van der Waals surface area contributed by atoms with Crippen LogP contribution in [0, 0.1) is 18.3 Å². The number of likely N-dealkylation sites (N-methyl/N-ethyl adjacent to an activating group) is 1. The smallest absolute Gasteiger partial charge is 0.0991 e. The van der Waals surface area contributed by atoms with Crippen molar-refractivity contribution < 1.29 is 5.11 Å². The van der Waals surface area contributed by atoms with E-state index in [1.54, 1.807) is 6.07 Å². The highest BCUT2D eigenvalue weighted by molar-refractivity contribution is 5.32. The van der Waals surface area contributed by atoms with E-state index in [1.807, 2.05) is 56.4 Å². The van der Waals surface area contributed by atoms with Crippen molar-refractivity contribution in [3.05, 3.63) is 70.8 Å². The Kier molecular flexibility index (Phi) is 5.10. The summed E-state index contributed by atoms with van der Waals surface area (Å²) in [5.41, 5.74) is 3.86. The number of benzene rings is 2. The Bertz CT molecular complexity index is 628. The topological polar surface area (TPSA) is 47.3 Å². The molecule has 0 aromatic heterocycles. The number of aliphatic hydroxyl groups excluding tert-OH is 1. The number of rotatable bonds is 5. The Hall–Kier alpha value is -2.15. The van der Waals surface area contributed by atoms with Crippen molar-refractivity contribution in [1.29, 1.82) is 5.26 Å². The lowest BCUT2D eigenvalue weighted by Gasteiger charge is -2.21. The van der Waals surface area contributed by atoms with Gasteiger partial charge in [0.2, 0.25) is 0 Å². The fourth-order valence-corrected chi connectivity index (χ4v) is 2.30. The molecule has 0 saturated heterocycles. The van der Waals surface area contributed by atoms with Gasteiger partial charge in [-0.2, -0.15) is 5.26 Å². The Balaban J connectivity index is 1.96. The average molecular weight is 280 g/mol. The Morgan fingerprint density at radius 2 is 1.90 bits per heavy atom. The number of hydrogen-bond donors (Lipinski definition) is 1. The number of aryl methyl sites for hydroxylation is 1. The van der Waals surface area contributed by atoms with Crippen LogP contribution in [-0.2, 0) is 6.54 Å². The van der Waals surface area contributed by atoms with Gasteiger partial charge in [0.15, 0.2) is 0 Å². The first-order chi connectivity index (χ1) is 10.1. The van der Waals surface area contributed by atoms with E-state index in [1.165, 1.54) is 5.56 Å². The van der Waals surface area contributed by atoms with Crippen LogP contribution in [0.3, 0.4) is 0 Å². The number of nitrogens with zero attached hydrogens (tertiary/aromatic N) is 2. The minimum absolute atomic E-state index is 0.505. The quantitative estimate of drug-likeness (QED) is 0.915. The molecular formula is C18H20N2O. The van der Waals surface area contributed by atoms with Crippen molar-refractivity contribution in [2.75, 3.05) is 13.6 Å². The normalized spacial score (nSPS) is 12.1. The molecule has 2 aromatic rings. The molecule has 2 rings (SSSR count). The molecule has 0 saturated carbocycles. The molecule has 0 aliphatic carbocycles. The summed E-state index contributed by atoms with van der Waals surface area (Å²) < 4.78 is 0. The molecule has 0 aliphatic rings. The van der Waals surface area contributed by atoms with E-state index in [4.69, 9.17) is 5.26 Å². The van der Waals surface area contributed by atoms with Gasteiger partial charge in [0.1, 0.15) is 0 Å². The van der Waals surface area contributed by atoms with Crippen LogP contribution in [0.2, 0.25) is 0 Å². The first-order valence-electron chi connectivity index (χ1n) is 7.00. The zero-order valence-electron chi connectivity index (χ0n) is 12.5. The molecule has 0 bridgehead atoms. The van der Waals surface area contributed by atoms with Crippen LogP contribution in [0.25, 0.3) is 0 Å². The summed E-state index contributed by atoms with van der Waals surface area (Å²) in [5, 5.41) is 19.2. The fraction of sp³-hybridized carbons (Fsp3) is 0.278. The van der Waals surface area contributed by atoms with E-state index < -0.39 is 6.10 Å². The number of nitriles is 1. The minimum Gasteiger partial charge on any atom is -0.387 e. The van der Waals surface area contributed by atoms with E-state index >= 15 is 0 Å². The molecule has 3 nitrogen and oxygen atoms in total. The summed E-state index contributed by atoms with van der Waals surface area (Å²) in [6, 6.07) is 17.6. The molecule has 1 atom stereocenters. The second-order valence-corrected chi connectivity index (χ2v) is 5.44. The van der Waals surface area contributed by atoms with Crippen molar-refractivity contribution in [2.45, 2.75) is 19.6 Å². The van der Waals surface area contributed by atoms with Crippen LogP contribution in [-0.4, -0.2) is 23.6 Å². The molecule has 2 aromatic carbocycles. The van der Waals surface area contributed by atoms with Gasteiger partial charge < -0.3 is 5.11 Å². The lowest BCUT2D eigenvalue weighted by atomic mass is 10.1. The van der Waals surface area contributed by atoms with Gasteiger partial charge in [0.05, 0.1) is 17.7 Å². The molecule has 1 N–H and O–H groups in total. The van der Waals surface area contributed by atoms with Gasteiger partial charge in [0.25, 0.3) is 0 Å². The van der Waals surface area contributed by atoms with E-state index in [-0.39, 0.29) is 0 Å². The molecule has 0 amide bonds. The summed E-state index contributed by atoms with van der Waals surface area (Å²) in [6.45, 7) is 3.29. The number of hydrogen-bond acceptors (Lipinski definition) is 3. The van der Waals surface area contributed by atoms with Crippen molar-refractivity contribution in [1.82, 2.24) is 4.90 Å². The molecule has 0 aliphatic heterocycles. The zero-order chi connectivity index (χ0) is 15.2. The lowest BCUT2D eigenvalue weighted by Crippen LogP contribution is -2.24. The Labute approximate surface area is 126 Å². The SMILES string of the molecule is Cc1ccc(C(O)CN(C)Cc2cccc(C#N)c2)cc1. The predicted octanol–water partition coefficient (Wildman–Crippen LogP) is 3.03. The molecule has 1 unspecified atom stereocenters. The molecular weight excluding hydrogens is 260 g/mol. The van der Waals surface area contributed by atoms with E-state index in [0.29, 0.717) is 18.7 Å².